The van der Waals surface area contributed by atoms with Crippen LogP contribution < -0.4 is 0 Å². The molecule has 1 atom stereocenters. The van der Waals surface area contributed by atoms with Gasteiger partial charge in [0, 0.05) is 19.3 Å². The van der Waals surface area contributed by atoms with E-state index in [1.54, 1.807) is 0 Å². The number of unbranched alkanes of at least 4 members (excludes halogenated alkanes) is 18. The van der Waals surface area contributed by atoms with Crippen molar-refractivity contribution in [2.75, 3.05) is 13.2 Å². The quantitative estimate of drug-likeness (QED) is 0.0201. The first kappa shape index (κ1) is 55.6. The minimum absolute atomic E-state index is 0.106. The normalized spacial score (nSPS) is 12.8. The zero-order valence-electron chi connectivity index (χ0n) is 38.2. The third-order valence-electron chi connectivity index (χ3n) is 9.89. The Morgan fingerprint density at radius 3 is 1.19 bits per heavy atom. The van der Waals surface area contributed by atoms with Gasteiger partial charge in [0.25, 0.3) is 0 Å². The van der Waals surface area contributed by atoms with Crippen LogP contribution in [0.4, 0.5) is 0 Å². The molecule has 0 bridgehead atoms. The summed E-state index contributed by atoms with van der Waals surface area (Å²) in [6, 6.07) is 0. The predicted octanol–water partition coefficient (Wildman–Crippen LogP) is 15.6. The summed E-state index contributed by atoms with van der Waals surface area (Å²) >= 11 is 0. The highest BCUT2D eigenvalue weighted by Crippen LogP contribution is 2.12. The molecule has 6 heteroatoms. The van der Waals surface area contributed by atoms with Gasteiger partial charge in [-0.25, -0.2) is 0 Å². The molecule has 59 heavy (non-hydrogen) atoms. The van der Waals surface area contributed by atoms with Gasteiger partial charge in [-0.1, -0.05) is 176 Å². The van der Waals surface area contributed by atoms with Crippen LogP contribution in [0.1, 0.15) is 213 Å². The van der Waals surface area contributed by atoms with E-state index in [-0.39, 0.29) is 37.5 Å². The lowest BCUT2D eigenvalue weighted by atomic mass is 10.1. The molecule has 0 aromatic rings. The van der Waals surface area contributed by atoms with E-state index in [1.165, 1.54) is 57.8 Å². The van der Waals surface area contributed by atoms with Crippen molar-refractivity contribution in [1.29, 1.82) is 0 Å². The summed E-state index contributed by atoms with van der Waals surface area (Å²) in [7, 11) is 0. The van der Waals surface area contributed by atoms with Crippen molar-refractivity contribution in [3.63, 3.8) is 0 Å². The lowest BCUT2D eigenvalue weighted by Gasteiger charge is -2.18. The van der Waals surface area contributed by atoms with Crippen LogP contribution in [0.2, 0.25) is 0 Å². The first-order valence-corrected chi connectivity index (χ1v) is 24.1. The van der Waals surface area contributed by atoms with Gasteiger partial charge in [0.15, 0.2) is 6.10 Å². The second-order valence-corrected chi connectivity index (χ2v) is 15.6. The predicted molar refractivity (Wildman–Crippen MR) is 251 cm³/mol. The molecule has 0 amide bonds. The number of hydrogen-bond donors (Lipinski definition) is 0. The molecular weight excluding hydrogens is 733 g/mol. The van der Waals surface area contributed by atoms with E-state index in [9.17, 15) is 14.4 Å². The summed E-state index contributed by atoms with van der Waals surface area (Å²) < 4.78 is 16.7. The van der Waals surface area contributed by atoms with E-state index in [2.05, 4.69) is 106 Å². The third-order valence-corrected chi connectivity index (χ3v) is 9.89. The average Bonchev–Trinajstić information content (AvgIpc) is 3.23. The molecule has 0 aliphatic heterocycles. The van der Waals surface area contributed by atoms with Crippen LogP contribution in [0.3, 0.4) is 0 Å². The largest absolute Gasteiger partial charge is 0.462 e. The molecule has 0 aromatic heterocycles. The smallest absolute Gasteiger partial charge is 0.306 e. The molecular formula is C53H88O6. The fraction of sp³-hybridized carbons (Fsp3) is 0.679. The highest BCUT2D eigenvalue weighted by molar-refractivity contribution is 5.71. The molecule has 0 saturated carbocycles. The highest BCUT2D eigenvalue weighted by atomic mass is 16.6. The topological polar surface area (TPSA) is 78.9 Å². The maximum atomic E-state index is 12.7. The maximum Gasteiger partial charge on any atom is 0.306 e. The zero-order valence-corrected chi connectivity index (χ0v) is 38.2. The molecule has 0 aliphatic carbocycles. The van der Waals surface area contributed by atoms with Gasteiger partial charge >= 0.3 is 17.9 Å². The van der Waals surface area contributed by atoms with Crippen molar-refractivity contribution in [2.45, 2.75) is 219 Å². The van der Waals surface area contributed by atoms with Gasteiger partial charge in [0.05, 0.1) is 0 Å². The molecule has 0 radical (unpaired) electrons. The molecule has 0 aromatic carbocycles. The highest BCUT2D eigenvalue weighted by Gasteiger charge is 2.19. The van der Waals surface area contributed by atoms with E-state index in [0.717, 1.165) is 116 Å². The van der Waals surface area contributed by atoms with Crippen molar-refractivity contribution < 1.29 is 28.6 Å². The number of hydrogen-bond acceptors (Lipinski definition) is 6. The Morgan fingerprint density at radius 2 is 0.712 bits per heavy atom. The standard InChI is InChI=1S/C53H88O6/c1-4-7-10-13-16-19-21-23-25-27-29-31-34-37-40-43-46-52(55)58-49-50(48-57-51(54)45-42-39-36-33-18-15-12-9-6-3)59-53(56)47-44-41-38-35-32-30-28-26-24-22-20-17-14-11-8-5-2/h7,9-10,12,16,18-19,23,25-26,28,30,32-33,50H,4-6,8,11,13-15,17,20-22,24,27,29,31,34-49H2,1-3H3/b10-7-,12-9-,19-16-,25-23-,28-26-,32-30-,33-18-. The molecule has 0 heterocycles. The second-order valence-electron chi connectivity index (χ2n) is 15.6. The van der Waals surface area contributed by atoms with E-state index >= 15 is 0 Å². The van der Waals surface area contributed by atoms with Crippen molar-refractivity contribution in [3.8, 4) is 0 Å². The summed E-state index contributed by atoms with van der Waals surface area (Å²) in [5.41, 5.74) is 0. The van der Waals surface area contributed by atoms with Gasteiger partial charge in [0.1, 0.15) is 13.2 Å². The monoisotopic (exact) mass is 821 g/mol. The Kier molecular flexibility index (Phi) is 44.5. The van der Waals surface area contributed by atoms with Gasteiger partial charge in [0.2, 0.25) is 0 Å². The van der Waals surface area contributed by atoms with Crippen molar-refractivity contribution in [2.24, 2.45) is 0 Å². The Balaban J connectivity index is 4.44. The van der Waals surface area contributed by atoms with Gasteiger partial charge in [-0.3, -0.25) is 14.4 Å². The van der Waals surface area contributed by atoms with Crippen LogP contribution in [0.15, 0.2) is 85.1 Å². The van der Waals surface area contributed by atoms with Crippen LogP contribution >= 0.6 is 0 Å². The summed E-state index contributed by atoms with van der Waals surface area (Å²) in [4.78, 5) is 37.8. The fourth-order valence-corrected chi connectivity index (χ4v) is 6.31. The number of carbonyl (C=O) groups excluding carboxylic acids is 3. The summed E-state index contributed by atoms with van der Waals surface area (Å²) in [6.07, 6.45) is 60.1. The molecule has 1 unspecified atom stereocenters. The fourth-order valence-electron chi connectivity index (χ4n) is 6.31. The molecule has 0 saturated heterocycles. The zero-order chi connectivity index (χ0) is 43.0. The lowest BCUT2D eigenvalue weighted by Crippen LogP contribution is -2.30. The Hall–Kier alpha value is -3.41. The maximum absolute atomic E-state index is 12.7. The van der Waals surface area contributed by atoms with Crippen LogP contribution in [-0.4, -0.2) is 37.2 Å². The van der Waals surface area contributed by atoms with E-state index in [0.29, 0.717) is 12.8 Å². The molecule has 0 spiro atoms. The first-order valence-electron chi connectivity index (χ1n) is 24.1. The van der Waals surface area contributed by atoms with Gasteiger partial charge in [-0.15, -0.1) is 0 Å². The van der Waals surface area contributed by atoms with Crippen molar-refractivity contribution in [3.05, 3.63) is 85.1 Å². The SMILES string of the molecule is CC/C=C\C/C=C\C/C=C\CCCCCCCCC(=O)OCC(COC(=O)CCCC/C=C\C/C=C\CC)OC(=O)CCCCC/C=C\C=C/CCCCCCCCC. The summed E-state index contributed by atoms with van der Waals surface area (Å²) in [6.45, 7) is 6.32. The average molecular weight is 821 g/mol. The molecule has 0 N–H and O–H groups in total. The molecule has 0 rings (SSSR count). The van der Waals surface area contributed by atoms with Crippen molar-refractivity contribution >= 4 is 17.9 Å². The van der Waals surface area contributed by atoms with Gasteiger partial charge in [-0.2, -0.15) is 0 Å². The summed E-state index contributed by atoms with van der Waals surface area (Å²) in [5.74, 6) is -0.988. The van der Waals surface area contributed by atoms with Crippen LogP contribution in [0.5, 0.6) is 0 Å². The van der Waals surface area contributed by atoms with Gasteiger partial charge < -0.3 is 14.2 Å². The molecule has 6 nitrogen and oxygen atoms in total. The first-order chi connectivity index (χ1) is 29.0. The van der Waals surface area contributed by atoms with E-state index < -0.39 is 6.10 Å². The third kappa shape index (κ3) is 45.5. The molecule has 0 aliphatic rings. The van der Waals surface area contributed by atoms with Crippen LogP contribution in [0, 0.1) is 0 Å². The summed E-state index contributed by atoms with van der Waals surface area (Å²) in [5, 5.41) is 0. The van der Waals surface area contributed by atoms with E-state index in [4.69, 9.17) is 14.2 Å². The Labute approximate surface area is 363 Å². The lowest BCUT2D eigenvalue weighted by molar-refractivity contribution is -0.167. The Morgan fingerprint density at radius 1 is 0.373 bits per heavy atom. The van der Waals surface area contributed by atoms with Crippen LogP contribution in [-0.2, 0) is 28.6 Å². The van der Waals surface area contributed by atoms with Crippen molar-refractivity contribution in [1.82, 2.24) is 0 Å². The number of rotatable bonds is 42. The molecule has 336 valence electrons. The van der Waals surface area contributed by atoms with Gasteiger partial charge in [-0.05, 0) is 103 Å². The van der Waals surface area contributed by atoms with E-state index in [1.807, 2.05) is 0 Å². The minimum Gasteiger partial charge on any atom is -0.462 e. The molecule has 0 fully saturated rings. The number of ether oxygens (including phenoxy) is 3. The second kappa shape index (κ2) is 47.3. The number of allylic oxidation sites excluding steroid dienone is 14. The Bertz CT molecular complexity index is 1170. The van der Waals surface area contributed by atoms with Crippen LogP contribution in [0.25, 0.3) is 0 Å². The number of carbonyl (C=O) groups is 3. The minimum atomic E-state index is -0.807. The number of esters is 3.